The molecule has 1 N–H and O–H groups in total. The predicted octanol–water partition coefficient (Wildman–Crippen LogP) is 4.11. The number of halogens is 2. The van der Waals surface area contributed by atoms with Gasteiger partial charge in [0.05, 0.1) is 22.8 Å². The molecule has 0 aromatic heterocycles. The molecule has 2 aromatic rings. The Hall–Kier alpha value is -1.43. The number of rotatable bonds is 4. The van der Waals surface area contributed by atoms with Gasteiger partial charge in [0.2, 0.25) is 0 Å². The number of ether oxygens (including phenoxy) is 1. The van der Waals surface area contributed by atoms with Crippen molar-refractivity contribution < 1.29 is 13.2 Å². The first-order chi connectivity index (χ1) is 9.85. The summed E-state index contributed by atoms with van der Waals surface area (Å²) in [6.07, 6.45) is 0. The molecule has 0 aliphatic rings. The van der Waals surface area contributed by atoms with Gasteiger partial charge in [-0.1, -0.05) is 35.3 Å². The Bertz CT molecular complexity index is 776. The van der Waals surface area contributed by atoms with Crippen LogP contribution in [0.4, 0.5) is 5.69 Å². The first-order valence-corrected chi connectivity index (χ1v) is 8.20. The highest BCUT2D eigenvalue weighted by atomic mass is 35.5. The molecule has 0 heterocycles. The molecule has 7 heteroatoms. The maximum Gasteiger partial charge on any atom is 0.265 e. The largest absolute Gasteiger partial charge is 0.495 e. The van der Waals surface area contributed by atoms with Gasteiger partial charge in [0.25, 0.3) is 10.0 Å². The molecule has 112 valence electrons. The number of methoxy groups -OCH3 is 1. The summed E-state index contributed by atoms with van der Waals surface area (Å²) in [5, 5.41) is 0.418. The smallest absolute Gasteiger partial charge is 0.265 e. The average Bonchev–Trinajstić information content (AvgIpc) is 2.43. The van der Waals surface area contributed by atoms with Gasteiger partial charge < -0.3 is 4.74 Å². The molecule has 0 atom stereocenters. The van der Waals surface area contributed by atoms with Crippen LogP contribution in [0.2, 0.25) is 10.0 Å². The molecule has 0 aliphatic heterocycles. The van der Waals surface area contributed by atoms with Crippen LogP contribution in [0.5, 0.6) is 5.75 Å². The zero-order valence-electron chi connectivity index (χ0n) is 11.4. The van der Waals surface area contributed by atoms with Gasteiger partial charge in [0, 0.05) is 0 Å². The van der Waals surface area contributed by atoms with Crippen LogP contribution < -0.4 is 9.46 Å². The SMILES string of the molecule is COc1cc(C)ccc1S(=O)(=O)Nc1cccc(Cl)c1Cl. The van der Waals surface area contributed by atoms with Gasteiger partial charge >= 0.3 is 0 Å². The van der Waals surface area contributed by atoms with E-state index in [1.807, 2.05) is 6.92 Å². The molecule has 2 rings (SSSR count). The zero-order chi connectivity index (χ0) is 15.6. The van der Waals surface area contributed by atoms with E-state index in [4.69, 9.17) is 27.9 Å². The zero-order valence-corrected chi connectivity index (χ0v) is 13.7. The van der Waals surface area contributed by atoms with E-state index in [-0.39, 0.29) is 26.4 Å². The van der Waals surface area contributed by atoms with Crippen molar-refractivity contribution in [2.45, 2.75) is 11.8 Å². The van der Waals surface area contributed by atoms with Gasteiger partial charge in [0.15, 0.2) is 0 Å². The maximum atomic E-state index is 12.5. The van der Waals surface area contributed by atoms with E-state index in [0.29, 0.717) is 0 Å². The van der Waals surface area contributed by atoms with Crippen LogP contribution in [0.15, 0.2) is 41.3 Å². The molecule has 0 saturated carbocycles. The minimum atomic E-state index is -3.83. The lowest BCUT2D eigenvalue weighted by molar-refractivity contribution is 0.402. The second-order valence-corrected chi connectivity index (χ2v) is 6.80. The molecule has 0 fully saturated rings. The Balaban J connectivity index is 2.46. The van der Waals surface area contributed by atoms with Crippen molar-refractivity contribution in [2.75, 3.05) is 11.8 Å². The predicted molar refractivity (Wildman–Crippen MR) is 85.0 cm³/mol. The second-order valence-electron chi connectivity index (χ2n) is 4.36. The van der Waals surface area contributed by atoms with Crippen LogP contribution in [0.1, 0.15) is 5.56 Å². The number of hydrogen-bond acceptors (Lipinski definition) is 3. The first-order valence-electron chi connectivity index (χ1n) is 5.96. The third-order valence-electron chi connectivity index (χ3n) is 2.80. The Kier molecular flexibility index (Phi) is 4.66. The van der Waals surface area contributed by atoms with E-state index in [1.165, 1.54) is 19.2 Å². The summed E-state index contributed by atoms with van der Waals surface area (Å²) in [6.45, 7) is 1.85. The fourth-order valence-corrected chi connectivity index (χ4v) is 3.41. The molecular formula is C14H13Cl2NO3S. The summed E-state index contributed by atoms with van der Waals surface area (Å²) in [4.78, 5) is 0.0339. The molecule has 0 amide bonds. The van der Waals surface area contributed by atoms with Crippen molar-refractivity contribution >= 4 is 38.9 Å². The Morgan fingerprint density at radius 1 is 1.14 bits per heavy atom. The number of nitrogens with one attached hydrogen (secondary N) is 1. The molecule has 0 saturated heterocycles. The lowest BCUT2D eigenvalue weighted by Gasteiger charge is -2.13. The van der Waals surface area contributed by atoms with Crippen molar-refractivity contribution in [1.82, 2.24) is 0 Å². The van der Waals surface area contributed by atoms with E-state index in [1.54, 1.807) is 24.3 Å². The molecule has 0 radical (unpaired) electrons. The summed E-state index contributed by atoms with van der Waals surface area (Å²) >= 11 is 11.9. The third-order valence-corrected chi connectivity index (χ3v) is 5.03. The fraction of sp³-hybridized carbons (Fsp3) is 0.143. The van der Waals surface area contributed by atoms with Crippen LogP contribution in [0.3, 0.4) is 0 Å². The number of hydrogen-bond donors (Lipinski definition) is 1. The van der Waals surface area contributed by atoms with Crippen molar-refractivity contribution in [3.8, 4) is 5.75 Å². The topological polar surface area (TPSA) is 55.4 Å². The van der Waals surface area contributed by atoms with Gasteiger partial charge in [-0.3, -0.25) is 4.72 Å². The highest BCUT2D eigenvalue weighted by Gasteiger charge is 2.21. The van der Waals surface area contributed by atoms with E-state index in [2.05, 4.69) is 4.72 Å². The third kappa shape index (κ3) is 3.43. The highest BCUT2D eigenvalue weighted by molar-refractivity contribution is 7.92. The van der Waals surface area contributed by atoms with Crippen LogP contribution in [0.25, 0.3) is 0 Å². The van der Waals surface area contributed by atoms with Crippen molar-refractivity contribution in [2.24, 2.45) is 0 Å². The monoisotopic (exact) mass is 345 g/mol. The summed E-state index contributed by atoms with van der Waals surface area (Å²) in [6, 6.07) is 9.54. The van der Waals surface area contributed by atoms with E-state index in [9.17, 15) is 8.42 Å². The van der Waals surface area contributed by atoms with Gasteiger partial charge in [-0.25, -0.2) is 8.42 Å². The Labute approximate surface area is 133 Å². The number of benzene rings is 2. The quantitative estimate of drug-likeness (QED) is 0.906. The summed E-state index contributed by atoms with van der Waals surface area (Å²) < 4.78 is 32.5. The van der Waals surface area contributed by atoms with Crippen molar-refractivity contribution in [3.63, 3.8) is 0 Å². The Morgan fingerprint density at radius 2 is 1.86 bits per heavy atom. The summed E-state index contributed by atoms with van der Waals surface area (Å²) in [7, 11) is -2.41. The van der Waals surface area contributed by atoms with Gasteiger partial charge in [-0.05, 0) is 36.8 Å². The van der Waals surface area contributed by atoms with E-state index < -0.39 is 10.0 Å². The van der Waals surface area contributed by atoms with E-state index >= 15 is 0 Å². The summed E-state index contributed by atoms with van der Waals surface area (Å²) in [5.74, 6) is 0.264. The van der Waals surface area contributed by atoms with Crippen molar-refractivity contribution in [3.05, 3.63) is 52.0 Å². The molecule has 4 nitrogen and oxygen atoms in total. The average molecular weight is 346 g/mol. The van der Waals surface area contributed by atoms with E-state index in [0.717, 1.165) is 5.56 Å². The van der Waals surface area contributed by atoms with Crippen LogP contribution >= 0.6 is 23.2 Å². The second kappa shape index (κ2) is 6.13. The van der Waals surface area contributed by atoms with Crippen LogP contribution in [0, 0.1) is 6.92 Å². The van der Waals surface area contributed by atoms with Gasteiger partial charge in [-0.15, -0.1) is 0 Å². The molecule has 21 heavy (non-hydrogen) atoms. The molecule has 0 unspecified atom stereocenters. The van der Waals surface area contributed by atoms with Gasteiger partial charge in [0.1, 0.15) is 10.6 Å². The molecule has 0 bridgehead atoms. The molecular weight excluding hydrogens is 333 g/mol. The first kappa shape index (κ1) is 15.9. The number of anilines is 1. The van der Waals surface area contributed by atoms with Gasteiger partial charge in [-0.2, -0.15) is 0 Å². The lowest BCUT2D eigenvalue weighted by atomic mass is 10.2. The molecule has 0 spiro atoms. The van der Waals surface area contributed by atoms with Crippen LogP contribution in [-0.2, 0) is 10.0 Å². The van der Waals surface area contributed by atoms with Crippen molar-refractivity contribution in [1.29, 1.82) is 0 Å². The molecule has 2 aromatic carbocycles. The Morgan fingerprint density at radius 3 is 2.52 bits per heavy atom. The minimum absolute atomic E-state index is 0.0339. The number of sulfonamides is 1. The normalized spacial score (nSPS) is 11.2. The minimum Gasteiger partial charge on any atom is -0.495 e. The number of aryl methyl sites for hydroxylation is 1. The fourth-order valence-electron chi connectivity index (χ4n) is 1.78. The van der Waals surface area contributed by atoms with Crippen LogP contribution in [-0.4, -0.2) is 15.5 Å². The summed E-state index contributed by atoms with van der Waals surface area (Å²) in [5.41, 5.74) is 1.11. The maximum absolute atomic E-state index is 12.5. The lowest BCUT2D eigenvalue weighted by Crippen LogP contribution is -2.14. The standard InChI is InChI=1S/C14H13Cl2NO3S/c1-9-6-7-13(12(8-9)20-2)21(18,19)17-11-5-3-4-10(15)14(11)16/h3-8,17H,1-2H3. The molecule has 0 aliphatic carbocycles. The highest BCUT2D eigenvalue weighted by Crippen LogP contribution is 2.33.